The number of nitrogens with one attached hydrogen (secondary N) is 1. The summed E-state index contributed by atoms with van der Waals surface area (Å²) in [5.74, 6) is -2.42. The Labute approximate surface area is 153 Å². The van der Waals surface area contributed by atoms with Crippen LogP contribution in [0.4, 0.5) is 14.6 Å². The summed E-state index contributed by atoms with van der Waals surface area (Å²) in [6, 6.07) is 7.20. The number of hydrogen-bond donors (Lipinski definition) is 1. The second kappa shape index (κ2) is 7.36. The maximum absolute atomic E-state index is 12.4. The third kappa shape index (κ3) is 4.42. The molecular weight excluding hydrogens is 384 g/mol. The number of anilines is 1. The lowest BCUT2D eigenvalue weighted by Crippen LogP contribution is -2.19. The van der Waals surface area contributed by atoms with E-state index in [4.69, 9.17) is 0 Å². The Morgan fingerprint density at radius 2 is 2.04 bits per heavy atom. The number of aromatic nitrogens is 2. The van der Waals surface area contributed by atoms with Gasteiger partial charge in [-0.15, -0.1) is 0 Å². The lowest BCUT2D eigenvalue weighted by molar-refractivity contribution is 0.102. The van der Waals surface area contributed by atoms with E-state index in [0.717, 1.165) is 0 Å². The van der Waals surface area contributed by atoms with Gasteiger partial charge >= 0.3 is 0 Å². The summed E-state index contributed by atoms with van der Waals surface area (Å²) in [5, 5.41) is 7.03. The SMILES string of the molecule is Cc1cc(NC(=O)c2ccc(SC(F)F)cc2)n([C@@H]2CCS(=O)(=O)C2)n1. The molecular formula is C16H17F2N3O3S2. The van der Waals surface area contributed by atoms with Crippen molar-refractivity contribution in [3.63, 3.8) is 0 Å². The molecule has 1 aliphatic heterocycles. The average molecular weight is 401 g/mol. The molecule has 1 aromatic carbocycles. The van der Waals surface area contributed by atoms with E-state index in [2.05, 4.69) is 10.4 Å². The van der Waals surface area contributed by atoms with Crippen molar-refractivity contribution in [2.24, 2.45) is 0 Å². The molecule has 1 atom stereocenters. The fraction of sp³-hybridized carbons (Fsp3) is 0.375. The van der Waals surface area contributed by atoms with Crippen LogP contribution in [-0.2, 0) is 9.84 Å². The molecule has 3 rings (SSSR count). The maximum atomic E-state index is 12.4. The largest absolute Gasteiger partial charge is 0.307 e. The number of halogens is 2. The number of sulfone groups is 1. The Bertz CT molecular complexity index is 911. The van der Waals surface area contributed by atoms with Crippen molar-refractivity contribution >= 4 is 33.3 Å². The van der Waals surface area contributed by atoms with Gasteiger partial charge < -0.3 is 5.32 Å². The highest BCUT2D eigenvalue weighted by atomic mass is 32.2. The zero-order valence-electron chi connectivity index (χ0n) is 13.9. The summed E-state index contributed by atoms with van der Waals surface area (Å²) in [4.78, 5) is 12.8. The standard InChI is InChI=1S/C16H17F2N3O3S2/c1-10-8-14(21(20-10)12-6-7-26(23,24)9-12)19-15(22)11-2-4-13(5-3-11)25-16(17)18/h2-5,8,12,16H,6-7,9H2,1H3,(H,19,22)/t12-/m1/s1. The lowest BCUT2D eigenvalue weighted by Gasteiger charge is -2.14. The van der Waals surface area contributed by atoms with Crippen molar-refractivity contribution in [3.05, 3.63) is 41.6 Å². The summed E-state index contributed by atoms with van der Waals surface area (Å²) in [5.41, 5.74) is 0.973. The number of hydrogen-bond acceptors (Lipinski definition) is 5. The highest BCUT2D eigenvalue weighted by Gasteiger charge is 2.31. The van der Waals surface area contributed by atoms with Crippen molar-refractivity contribution in [2.75, 3.05) is 16.8 Å². The number of rotatable bonds is 5. The van der Waals surface area contributed by atoms with Gasteiger partial charge in [-0.3, -0.25) is 4.79 Å². The molecule has 2 aromatic rings. The molecule has 1 amide bonds. The van der Waals surface area contributed by atoms with Crippen LogP contribution in [0.15, 0.2) is 35.2 Å². The third-order valence-corrected chi connectivity index (χ3v) is 6.47. The number of alkyl halides is 2. The van der Waals surface area contributed by atoms with Crippen molar-refractivity contribution in [1.29, 1.82) is 0 Å². The molecule has 6 nitrogen and oxygen atoms in total. The molecule has 0 aliphatic carbocycles. The number of carbonyl (C=O) groups is 1. The molecule has 0 bridgehead atoms. The van der Waals surface area contributed by atoms with Crippen molar-refractivity contribution in [3.8, 4) is 0 Å². The molecule has 1 aliphatic rings. The van der Waals surface area contributed by atoms with Crippen LogP contribution in [0, 0.1) is 6.92 Å². The van der Waals surface area contributed by atoms with E-state index in [1.54, 1.807) is 17.7 Å². The molecule has 1 saturated heterocycles. The summed E-state index contributed by atoms with van der Waals surface area (Å²) in [6.07, 6.45) is 0.450. The van der Waals surface area contributed by atoms with Gasteiger partial charge in [-0.2, -0.15) is 13.9 Å². The molecule has 140 valence electrons. The Balaban J connectivity index is 1.76. The zero-order chi connectivity index (χ0) is 18.9. The zero-order valence-corrected chi connectivity index (χ0v) is 15.5. The molecule has 2 heterocycles. The second-order valence-electron chi connectivity index (χ2n) is 6.03. The number of nitrogens with zero attached hydrogens (tertiary/aromatic N) is 2. The first-order valence-electron chi connectivity index (χ1n) is 7.86. The number of aryl methyl sites for hydroxylation is 1. The number of amides is 1. The van der Waals surface area contributed by atoms with Crippen LogP contribution < -0.4 is 5.32 Å². The van der Waals surface area contributed by atoms with Crippen LogP contribution >= 0.6 is 11.8 Å². The van der Waals surface area contributed by atoms with E-state index in [1.807, 2.05) is 0 Å². The monoisotopic (exact) mass is 401 g/mol. The lowest BCUT2D eigenvalue weighted by atomic mass is 10.2. The van der Waals surface area contributed by atoms with Crippen molar-refractivity contribution in [1.82, 2.24) is 9.78 Å². The first-order chi connectivity index (χ1) is 12.2. The highest BCUT2D eigenvalue weighted by Crippen LogP contribution is 2.28. The first-order valence-corrected chi connectivity index (χ1v) is 10.6. The smallest absolute Gasteiger partial charge is 0.288 e. The van der Waals surface area contributed by atoms with Crippen LogP contribution in [0.25, 0.3) is 0 Å². The predicted octanol–water partition coefficient (Wildman–Crippen LogP) is 3.12. The molecule has 0 unspecified atom stereocenters. The molecule has 1 fully saturated rings. The van der Waals surface area contributed by atoms with Gasteiger partial charge in [0.05, 0.1) is 23.2 Å². The maximum Gasteiger partial charge on any atom is 0.288 e. The molecule has 1 N–H and O–H groups in total. The molecule has 0 spiro atoms. The van der Waals surface area contributed by atoms with E-state index in [9.17, 15) is 22.0 Å². The Morgan fingerprint density at radius 3 is 2.62 bits per heavy atom. The van der Waals surface area contributed by atoms with Crippen LogP contribution in [-0.4, -0.2) is 41.4 Å². The summed E-state index contributed by atoms with van der Waals surface area (Å²) in [6.45, 7) is 1.76. The van der Waals surface area contributed by atoms with Gasteiger partial charge in [-0.1, -0.05) is 11.8 Å². The average Bonchev–Trinajstić information content (AvgIpc) is 3.09. The van der Waals surface area contributed by atoms with Crippen LogP contribution in [0.1, 0.15) is 28.5 Å². The van der Waals surface area contributed by atoms with Gasteiger partial charge in [-0.05, 0) is 37.6 Å². The normalized spacial score (nSPS) is 19.0. The van der Waals surface area contributed by atoms with Crippen molar-refractivity contribution in [2.45, 2.75) is 30.0 Å². The van der Waals surface area contributed by atoms with Crippen LogP contribution in [0.5, 0.6) is 0 Å². The van der Waals surface area contributed by atoms with Crippen LogP contribution in [0.2, 0.25) is 0 Å². The fourth-order valence-electron chi connectivity index (χ4n) is 2.83. The fourth-order valence-corrected chi connectivity index (χ4v) is 5.02. The molecule has 1 aromatic heterocycles. The summed E-state index contributed by atoms with van der Waals surface area (Å²) < 4.78 is 49.6. The third-order valence-electron chi connectivity index (χ3n) is 4.00. The Kier molecular flexibility index (Phi) is 5.33. The van der Waals surface area contributed by atoms with Gasteiger partial charge in [0, 0.05) is 16.5 Å². The van der Waals surface area contributed by atoms with E-state index in [0.29, 0.717) is 40.2 Å². The van der Waals surface area contributed by atoms with Gasteiger partial charge in [0.2, 0.25) is 0 Å². The number of benzene rings is 1. The van der Waals surface area contributed by atoms with Gasteiger partial charge in [0.1, 0.15) is 5.82 Å². The van der Waals surface area contributed by atoms with E-state index in [-0.39, 0.29) is 17.5 Å². The molecule has 26 heavy (non-hydrogen) atoms. The summed E-state index contributed by atoms with van der Waals surface area (Å²) >= 11 is 0.409. The Morgan fingerprint density at radius 1 is 1.35 bits per heavy atom. The van der Waals surface area contributed by atoms with Crippen molar-refractivity contribution < 1.29 is 22.0 Å². The minimum absolute atomic E-state index is 0.00343. The van der Waals surface area contributed by atoms with Crippen LogP contribution in [0.3, 0.4) is 0 Å². The minimum Gasteiger partial charge on any atom is -0.307 e. The van der Waals surface area contributed by atoms with E-state index >= 15 is 0 Å². The van der Waals surface area contributed by atoms with Gasteiger partial charge in [0.25, 0.3) is 11.7 Å². The quantitative estimate of drug-likeness (QED) is 0.779. The van der Waals surface area contributed by atoms with Gasteiger partial charge in [-0.25, -0.2) is 13.1 Å². The first kappa shape index (κ1) is 18.8. The second-order valence-corrected chi connectivity index (χ2v) is 9.32. The summed E-state index contributed by atoms with van der Waals surface area (Å²) in [7, 11) is -3.08. The molecule has 10 heteroatoms. The van der Waals surface area contributed by atoms with Gasteiger partial charge in [0.15, 0.2) is 9.84 Å². The highest BCUT2D eigenvalue weighted by molar-refractivity contribution is 7.99. The number of carbonyl (C=O) groups excluding carboxylic acids is 1. The topological polar surface area (TPSA) is 81.1 Å². The predicted molar refractivity (Wildman–Crippen MR) is 95.5 cm³/mol. The minimum atomic E-state index is -3.08. The number of thioether (sulfide) groups is 1. The molecule has 0 saturated carbocycles. The Hall–Kier alpha value is -1.94. The molecule has 0 radical (unpaired) electrons. The van der Waals surface area contributed by atoms with E-state index in [1.165, 1.54) is 24.3 Å². The van der Waals surface area contributed by atoms with E-state index < -0.39 is 21.5 Å².